The van der Waals surface area contributed by atoms with Gasteiger partial charge in [0.15, 0.2) is 11.0 Å². The van der Waals surface area contributed by atoms with Crippen molar-refractivity contribution in [1.29, 1.82) is 0 Å². The first-order chi connectivity index (χ1) is 14.7. The second kappa shape index (κ2) is 9.37. The van der Waals surface area contributed by atoms with E-state index in [4.69, 9.17) is 0 Å². The third-order valence-corrected chi connectivity index (χ3v) is 5.40. The van der Waals surface area contributed by atoms with Crippen molar-refractivity contribution >= 4 is 23.4 Å². The van der Waals surface area contributed by atoms with E-state index in [1.165, 1.54) is 11.8 Å². The first-order valence-electron chi connectivity index (χ1n) is 9.57. The van der Waals surface area contributed by atoms with Gasteiger partial charge >= 0.3 is 0 Å². The Morgan fingerprint density at radius 3 is 2.47 bits per heavy atom. The molecule has 0 bridgehead atoms. The van der Waals surface area contributed by atoms with Crippen molar-refractivity contribution in [1.82, 2.24) is 19.7 Å². The maximum atomic E-state index is 12.4. The van der Waals surface area contributed by atoms with Crippen molar-refractivity contribution in [3.8, 4) is 11.5 Å². The molecule has 2 aromatic carbocycles. The van der Waals surface area contributed by atoms with Crippen LogP contribution in [0.1, 0.15) is 11.1 Å². The van der Waals surface area contributed by atoms with Crippen LogP contribution in [0, 0.1) is 6.92 Å². The van der Waals surface area contributed by atoms with Crippen molar-refractivity contribution in [2.75, 3.05) is 11.1 Å². The van der Waals surface area contributed by atoms with Crippen LogP contribution in [-0.4, -0.2) is 31.4 Å². The van der Waals surface area contributed by atoms with Crippen LogP contribution in [-0.2, 0) is 11.3 Å². The third kappa shape index (κ3) is 4.93. The number of hydrogen-bond acceptors (Lipinski definition) is 5. The smallest absolute Gasteiger partial charge is 0.234 e. The molecule has 2 heterocycles. The van der Waals surface area contributed by atoms with Gasteiger partial charge in [0.25, 0.3) is 0 Å². The van der Waals surface area contributed by atoms with Crippen LogP contribution in [0.2, 0.25) is 0 Å². The maximum Gasteiger partial charge on any atom is 0.234 e. The number of pyridine rings is 1. The van der Waals surface area contributed by atoms with Gasteiger partial charge in [-0.25, -0.2) is 0 Å². The fourth-order valence-corrected chi connectivity index (χ4v) is 3.74. The van der Waals surface area contributed by atoms with Crippen molar-refractivity contribution < 1.29 is 4.79 Å². The molecule has 0 unspecified atom stereocenters. The predicted molar refractivity (Wildman–Crippen MR) is 119 cm³/mol. The van der Waals surface area contributed by atoms with Gasteiger partial charge in [-0.3, -0.25) is 14.3 Å². The molecular formula is C23H21N5OS. The van der Waals surface area contributed by atoms with Crippen LogP contribution >= 0.6 is 11.8 Å². The molecule has 1 amide bonds. The molecule has 0 fully saturated rings. The standard InChI is InChI=1S/C23H21N5OS/c1-17-12-13-24-20(14-17)22-26-27-23(28(22)15-18-8-4-2-5-9-18)30-16-21(29)25-19-10-6-3-7-11-19/h2-14H,15-16H2,1H3,(H,25,29). The van der Waals surface area contributed by atoms with E-state index in [1.54, 1.807) is 6.20 Å². The summed E-state index contributed by atoms with van der Waals surface area (Å²) < 4.78 is 2.01. The molecule has 0 aliphatic rings. The molecule has 2 aromatic heterocycles. The second-order valence-electron chi connectivity index (χ2n) is 6.80. The zero-order chi connectivity index (χ0) is 20.8. The van der Waals surface area contributed by atoms with Crippen molar-refractivity contribution in [3.63, 3.8) is 0 Å². The van der Waals surface area contributed by atoms with Gasteiger partial charge in [-0.2, -0.15) is 0 Å². The van der Waals surface area contributed by atoms with Crippen LogP contribution in [0.3, 0.4) is 0 Å². The molecule has 0 saturated heterocycles. The molecule has 4 aromatic rings. The van der Waals surface area contributed by atoms with Gasteiger partial charge in [0.1, 0.15) is 5.69 Å². The van der Waals surface area contributed by atoms with E-state index < -0.39 is 0 Å². The molecule has 30 heavy (non-hydrogen) atoms. The Labute approximate surface area is 179 Å². The number of nitrogens with zero attached hydrogens (tertiary/aromatic N) is 4. The average Bonchev–Trinajstić information content (AvgIpc) is 3.16. The molecule has 0 radical (unpaired) electrons. The van der Waals surface area contributed by atoms with Crippen molar-refractivity contribution in [2.24, 2.45) is 0 Å². The Bertz CT molecular complexity index is 1130. The largest absolute Gasteiger partial charge is 0.325 e. The number of carbonyl (C=O) groups excluding carboxylic acids is 1. The van der Waals surface area contributed by atoms with Crippen LogP contribution < -0.4 is 5.32 Å². The number of benzene rings is 2. The molecule has 7 heteroatoms. The minimum Gasteiger partial charge on any atom is -0.325 e. The SMILES string of the molecule is Cc1ccnc(-c2nnc(SCC(=O)Nc3ccccc3)n2Cc2ccccc2)c1. The van der Waals surface area contributed by atoms with Gasteiger partial charge in [0, 0.05) is 11.9 Å². The lowest BCUT2D eigenvalue weighted by Crippen LogP contribution is -2.14. The van der Waals surface area contributed by atoms with E-state index in [0.29, 0.717) is 17.5 Å². The molecule has 4 rings (SSSR count). The van der Waals surface area contributed by atoms with E-state index in [2.05, 4.69) is 32.6 Å². The summed E-state index contributed by atoms with van der Waals surface area (Å²) in [5.41, 5.74) is 3.77. The van der Waals surface area contributed by atoms with E-state index in [9.17, 15) is 4.79 Å². The highest BCUT2D eigenvalue weighted by atomic mass is 32.2. The minimum atomic E-state index is -0.0873. The highest BCUT2D eigenvalue weighted by molar-refractivity contribution is 7.99. The van der Waals surface area contributed by atoms with E-state index in [0.717, 1.165) is 22.5 Å². The number of nitrogens with one attached hydrogen (secondary N) is 1. The number of amides is 1. The van der Waals surface area contributed by atoms with Gasteiger partial charge in [0.2, 0.25) is 5.91 Å². The lowest BCUT2D eigenvalue weighted by molar-refractivity contribution is -0.113. The Morgan fingerprint density at radius 2 is 1.73 bits per heavy atom. The summed E-state index contributed by atoms with van der Waals surface area (Å²) in [7, 11) is 0. The quantitative estimate of drug-likeness (QED) is 0.452. The van der Waals surface area contributed by atoms with Crippen LogP contribution in [0.25, 0.3) is 11.5 Å². The Morgan fingerprint density at radius 1 is 1.00 bits per heavy atom. The number of carbonyl (C=O) groups is 1. The summed E-state index contributed by atoms with van der Waals surface area (Å²) in [6.45, 7) is 2.62. The van der Waals surface area contributed by atoms with Gasteiger partial charge < -0.3 is 5.32 Å². The average molecular weight is 416 g/mol. The highest BCUT2D eigenvalue weighted by Gasteiger charge is 2.17. The van der Waals surface area contributed by atoms with E-state index in [1.807, 2.05) is 72.2 Å². The first kappa shape index (κ1) is 19.8. The summed E-state index contributed by atoms with van der Waals surface area (Å²) in [6, 6.07) is 23.5. The first-order valence-corrected chi connectivity index (χ1v) is 10.6. The zero-order valence-electron chi connectivity index (χ0n) is 16.5. The van der Waals surface area contributed by atoms with Gasteiger partial charge in [-0.1, -0.05) is 60.3 Å². The number of para-hydroxylation sites is 1. The van der Waals surface area contributed by atoms with Crippen LogP contribution in [0.15, 0.2) is 84.1 Å². The number of anilines is 1. The lowest BCUT2D eigenvalue weighted by Gasteiger charge is -2.10. The second-order valence-corrected chi connectivity index (χ2v) is 7.74. The maximum absolute atomic E-state index is 12.4. The summed E-state index contributed by atoms with van der Waals surface area (Å²) in [5, 5.41) is 12.3. The summed E-state index contributed by atoms with van der Waals surface area (Å²) in [5.74, 6) is 0.840. The van der Waals surface area contributed by atoms with Gasteiger partial charge in [-0.05, 0) is 42.3 Å². The number of aromatic nitrogens is 4. The van der Waals surface area contributed by atoms with Crippen LogP contribution in [0.5, 0.6) is 0 Å². The molecular weight excluding hydrogens is 394 g/mol. The topological polar surface area (TPSA) is 72.7 Å². The monoisotopic (exact) mass is 415 g/mol. The Balaban J connectivity index is 1.56. The fraction of sp³-hybridized carbons (Fsp3) is 0.130. The molecule has 150 valence electrons. The Hall–Kier alpha value is -3.45. The number of hydrogen-bond donors (Lipinski definition) is 1. The fourth-order valence-electron chi connectivity index (χ4n) is 3.00. The van der Waals surface area contributed by atoms with Crippen LogP contribution in [0.4, 0.5) is 5.69 Å². The Kier molecular flexibility index (Phi) is 6.20. The summed E-state index contributed by atoms with van der Waals surface area (Å²) in [6.07, 6.45) is 1.77. The normalized spacial score (nSPS) is 10.7. The van der Waals surface area contributed by atoms with Gasteiger partial charge in [0.05, 0.1) is 12.3 Å². The van der Waals surface area contributed by atoms with E-state index in [-0.39, 0.29) is 11.7 Å². The summed E-state index contributed by atoms with van der Waals surface area (Å²) in [4.78, 5) is 16.8. The van der Waals surface area contributed by atoms with E-state index >= 15 is 0 Å². The van der Waals surface area contributed by atoms with Crippen molar-refractivity contribution in [3.05, 3.63) is 90.1 Å². The molecule has 1 N–H and O–H groups in total. The molecule has 0 atom stereocenters. The molecule has 0 aliphatic carbocycles. The number of rotatable bonds is 7. The molecule has 0 aliphatic heterocycles. The molecule has 0 saturated carbocycles. The highest BCUT2D eigenvalue weighted by Crippen LogP contribution is 2.25. The van der Waals surface area contributed by atoms with Crippen molar-refractivity contribution in [2.45, 2.75) is 18.6 Å². The summed E-state index contributed by atoms with van der Waals surface area (Å²) >= 11 is 1.36. The number of thioether (sulfide) groups is 1. The minimum absolute atomic E-state index is 0.0873. The third-order valence-electron chi connectivity index (χ3n) is 4.43. The molecule has 0 spiro atoms. The van der Waals surface area contributed by atoms with Gasteiger partial charge in [-0.15, -0.1) is 10.2 Å². The number of aryl methyl sites for hydroxylation is 1. The molecule has 6 nitrogen and oxygen atoms in total. The predicted octanol–water partition coefficient (Wildman–Crippen LogP) is 4.43. The zero-order valence-corrected chi connectivity index (χ0v) is 17.3. The lowest BCUT2D eigenvalue weighted by atomic mass is 10.2.